The van der Waals surface area contributed by atoms with E-state index >= 15 is 0 Å². The van der Waals surface area contributed by atoms with Gasteiger partial charge in [0.2, 0.25) is 5.91 Å². The van der Waals surface area contributed by atoms with Gasteiger partial charge in [0.15, 0.2) is 5.82 Å². The van der Waals surface area contributed by atoms with Gasteiger partial charge >= 0.3 is 6.03 Å². The highest BCUT2D eigenvalue weighted by Crippen LogP contribution is 2.32. The van der Waals surface area contributed by atoms with Gasteiger partial charge in [-0.2, -0.15) is 0 Å². The summed E-state index contributed by atoms with van der Waals surface area (Å²) in [6, 6.07) is 9.28. The van der Waals surface area contributed by atoms with E-state index in [-0.39, 0.29) is 18.5 Å². The summed E-state index contributed by atoms with van der Waals surface area (Å²) in [5.41, 5.74) is 1.54. The number of aromatic nitrogens is 2. The molecule has 0 saturated carbocycles. The standard InChI is InChI=1S/C27H40N6O4/c1-6-12-28-27(35)33(13-11-20(2)3)19-26(34)32-16-14-31(15-17-32)25-10-9-23(29-30-25)22-8-7-21(36-4)18-24(22)37-5/h7-10,18,20H,6,11-17,19H2,1-5H3,(H,28,35). The van der Waals surface area contributed by atoms with E-state index in [9.17, 15) is 9.59 Å². The molecular formula is C27H40N6O4. The molecule has 3 amide bonds. The Kier molecular flexibility index (Phi) is 10.3. The van der Waals surface area contributed by atoms with Gasteiger partial charge in [0, 0.05) is 50.9 Å². The molecule has 0 atom stereocenters. The Morgan fingerprint density at radius 3 is 2.41 bits per heavy atom. The second-order valence-corrected chi connectivity index (χ2v) is 9.55. The van der Waals surface area contributed by atoms with E-state index in [1.54, 1.807) is 19.1 Å². The molecule has 37 heavy (non-hydrogen) atoms. The fourth-order valence-corrected chi connectivity index (χ4v) is 4.11. The van der Waals surface area contributed by atoms with Gasteiger partial charge in [0.25, 0.3) is 0 Å². The normalized spacial score (nSPS) is 13.5. The summed E-state index contributed by atoms with van der Waals surface area (Å²) in [4.78, 5) is 31.2. The summed E-state index contributed by atoms with van der Waals surface area (Å²) >= 11 is 0. The van der Waals surface area contributed by atoms with E-state index in [0.717, 1.165) is 24.2 Å². The molecule has 1 saturated heterocycles. The van der Waals surface area contributed by atoms with Gasteiger partial charge in [0.05, 0.1) is 19.9 Å². The number of nitrogens with one attached hydrogen (secondary N) is 1. The molecule has 1 fully saturated rings. The Hall–Kier alpha value is -3.56. The van der Waals surface area contributed by atoms with Crippen LogP contribution in [0.3, 0.4) is 0 Å². The Morgan fingerprint density at radius 1 is 1.05 bits per heavy atom. The Balaban J connectivity index is 1.58. The van der Waals surface area contributed by atoms with Crippen LogP contribution in [0.1, 0.15) is 33.6 Å². The van der Waals surface area contributed by atoms with E-state index in [4.69, 9.17) is 9.47 Å². The van der Waals surface area contributed by atoms with Crippen molar-refractivity contribution < 1.29 is 19.1 Å². The van der Waals surface area contributed by atoms with Crippen molar-refractivity contribution in [3.63, 3.8) is 0 Å². The fraction of sp³-hybridized carbons (Fsp3) is 0.556. The van der Waals surface area contributed by atoms with E-state index in [1.807, 2.05) is 42.2 Å². The monoisotopic (exact) mass is 512 g/mol. The molecule has 202 valence electrons. The van der Waals surface area contributed by atoms with Gasteiger partial charge in [-0.25, -0.2) is 4.79 Å². The van der Waals surface area contributed by atoms with Crippen LogP contribution in [0.15, 0.2) is 30.3 Å². The van der Waals surface area contributed by atoms with Crippen LogP contribution in [0.25, 0.3) is 11.3 Å². The number of anilines is 1. The highest BCUT2D eigenvalue weighted by molar-refractivity contribution is 5.84. The van der Waals surface area contributed by atoms with Gasteiger partial charge in [0.1, 0.15) is 18.0 Å². The van der Waals surface area contributed by atoms with Gasteiger partial charge in [-0.15, -0.1) is 10.2 Å². The zero-order valence-electron chi connectivity index (χ0n) is 22.7. The second kappa shape index (κ2) is 13.7. The summed E-state index contributed by atoms with van der Waals surface area (Å²) in [7, 11) is 3.23. The van der Waals surface area contributed by atoms with Crippen molar-refractivity contribution in [2.75, 3.05) is 64.9 Å². The zero-order valence-corrected chi connectivity index (χ0v) is 22.7. The lowest BCUT2D eigenvalue weighted by Crippen LogP contribution is -2.53. The lowest BCUT2D eigenvalue weighted by atomic mass is 10.1. The first-order valence-electron chi connectivity index (χ1n) is 13.0. The molecule has 2 aromatic rings. The van der Waals surface area contributed by atoms with E-state index in [1.165, 1.54) is 0 Å². The molecule has 1 aliphatic rings. The molecule has 10 heteroatoms. The number of piperazine rings is 1. The summed E-state index contributed by atoms with van der Waals surface area (Å²) < 4.78 is 10.8. The third kappa shape index (κ3) is 7.71. The molecule has 1 aromatic heterocycles. The molecule has 0 unspecified atom stereocenters. The van der Waals surface area contributed by atoms with Crippen LogP contribution >= 0.6 is 0 Å². The van der Waals surface area contributed by atoms with Gasteiger partial charge in [-0.1, -0.05) is 20.8 Å². The second-order valence-electron chi connectivity index (χ2n) is 9.55. The third-order valence-electron chi connectivity index (χ3n) is 6.41. The number of urea groups is 1. The van der Waals surface area contributed by atoms with Gasteiger partial charge < -0.3 is 29.5 Å². The number of carbonyl (C=O) groups excluding carboxylic acids is 2. The molecule has 0 radical (unpaired) electrons. The Labute approximate surface area is 219 Å². The van der Waals surface area contributed by atoms with Crippen LogP contribution in [-0.2, 0) is 4.79 Å². The lowest BCUT2D eigenvalue weighted by Gasteiger charge is -2.36. The number of amides is 3. The fourth-order valence-electron chi connectivity index (χ4n) is 4.11. The van der Waals surface area contributed by atoms with E-state index < -0.39 is 0 Å². The van der Waals surface area contributed by atoms with Gasteiger partial charge in [-0.3, -0.25) is 4.79 Å². The van der Waals surface area contributed by atoms with Crippen molar-refractivity contribution in [1.29, 1.82) is 0 Å². The summed E-state index contributed by atoms with van der Waals surface area (Å²) in [5, 5.41) is 11.7. The van der Waals surface area contributed by atoms with Crippen molar-refractivity contribution in [2.24, 2.45) is 5.92 Å². The minimum Gasteiger partial charge on any atom is -0.497 e. The number of methoxy groups -OCH3 is 2. The van der Waals surface area contributed by atoms with Crippen LogP contribution in [0, 0.1) is 5.92 Å². The first kappa shape index (κ1) is 28.0. The third-order valence-corrected chi connectivity index (χ3v) is 6.41. The average Bonchev–Trinajstić information content (AvgIpc) is 2.93. The predicted molar refractivity (Wildman–Crippen MR) is 144 cm³/mol. The number of ether oxygens (including phenoxy) is 2. The molecule has 0 aliphatic carbocycles. The number of carbonyl (C=O) groups is 2. The zero-order chi connectivity index (χ0) is 26.8. The van der Waals surface area contributed by atoms with Crippen LogP contribution in [0.2, 0.25) is 0 Å². The quantitative estimate of drug-likeness (QED) is 0.493. The van der Waals surface area contributed by atoms with Crippen molar-refractivity contribution in [2.45, 2.75) is 33.6 Å². The maximum Gasteiger partial charge on any atom is 0.317 e. The maximum absolute atomic E-state index is 13.0. The van der Waals surface area contributed by atoms with Crippen LogP contribution in [-0.4, -0.2) is 92.0 Å². The van der Waals surface area contributed by atoms with E-state index in [0.29, 0.717) is 62.4 Å². The molecule has 3 rings (SSSR count). The van der Waals surface area contributed by atoms with Crippen molar-refractivity contribution in [3.8, 4) is 22.8 Å². The number of hydrogen-bond donors (Lipinski definition) is 1. The molecule has 1 N–H and O–H groups in total. The van der Waals surface area contributed by atoms with E-state index in [2.05, 4.69) is 34.3 Å². The number of benzene rings is 1. The number of hydrogen-bond acceptors (Lipinski definition) is 7. The summed E-state index contributed by atoms with van der Waals surface area (Å²) in [5.74, 6) is 2.57. The predicted octanol–water partition coefficient (Wildman–Crippen LogP) is 3.28. The Morgan fingerprint density at radius 2 is 1.81 bits per heavy atom. The molecule has 10 nitrogen and oxygen atoms in total. The molecule has 0 bridgehead atoms. The summed E-state index contributed by atoms with van der Waals surface area (Å²) in [6.45, 7) is 9.97. The van der Waals surface area contributed by atoms with Crippen LogP contribution in [0.4, 0.5) is 10.6 Å². The first-order chi connectivity index (χ1) is 17.9. The number of rotatable bonds is 11. The molecule has 0 spiro atoms. The molecule has 1 aromatic carbocycles. The van der Waals surface area contributed by atoms with Crippen LogP contribution in [0.5, 0.6) is 11.5 Å². The number of nitrogens with zero attached hydrogens (tertiary/aromatic N) is 5. The largest absolute Gasteiger partial charge is 0.497 e. The minimum absolute atomic E-state index is 0.0249. The lowest BCUT2D eigenvalue weighted by molar-refractivity contribution is -0.132. The molecular weight excluding hydrogens is 472 g/mol. The van der Waals surface area contributed by atoms with Crippen molar-refractivity contribution >= 4 is 17.8 Å². The minimum atomic E-state index is -0.168. The Bertz CT molecular complexity index is 1020. The highest BCUT2D eigenvalue weighted by Gasteiger charge is 2.25. The smallest absolute Gasteiger partial charge is 0.317 e. The van der Waals surface area contributed by atoms with Crippen molar-refractivity contribution in [1.82, 2.24) is 25.3 Å². The first-order valence-corrected chi connectivity index (χ1v) is 13.0. The molecule has 2 heterocycles. The summed E-state index contributed by atoms with van der Waals surface area (Å²) in [6.07, 6.45) is 1.72. The maximum atomic E-state index is 13.0. The van der Waals surface area contributed by atoms with Gasteiger partial charge in [-0.05, 0) is 43.0 Å². The SMILES string of the molecule is CCCNC(=O)N(CCC(C)C)CC(=O)N1CCN(c2ccc(-c3ccc(OC)cc3OC)nn2)CC1. The topological polar surface area (TPSA) is 100 Å². The van der Waals surface area contributed by atoms with Crippen molar-refractivity contribution in [3.05, 3.63) is 30.3 Å². The molecule has 1 aliphatic heterocycles. The van der Waals surface area contributed by atoms with Crippen LogP contribution < -0.4 is 19.7 Å². The average molecular weight is 513 g/mol. The highest BCUT2D eigenvalue weighted by atomic mass is 16.5.